The maximum atomic E-state index is 3.56. The molecule has 0 saturated heterocycles. The predicted molar refractivity (Wildman–Crippen MR) is 91.9 cm³/mol. The Balaban J connectivity index is 2.19. The standard InChI is InChI=1S/C19H32N2/c1-13(2)11-21(17-7-8-17)12-18(20-6)19-15(4)9-14(3)10-16(19)5/h9-10,13,17-18,20H,7-8,11-12H2,1-6H3. The first-order valence-corrected chi connectivity index (χ1v) is 8.41. The average molecular weight is 288 g/mol. The van der Waals surface area contributed by atoms with E-state index in [4.69, 9.17) is 0 Å². The molecule has 0 heterocycles. The van der Waals surface area contributed by atoms with Crippen LogP contribution in [-0.2, 0) is 0 Å². The fourth-order valence-electron chi connectivity index (χ4n) is 3.58. The molecule has 0 amide bonds. The van der Waals surface area contributed by atoms with E-state index in [1.807, 2.05) is 0 Å². The van der Waals surface area contributed by atoms with Gasteiger partial charge in [0.05, 0.1) is 0 Å². The maximum Gasteiger partial charge on any atom is 0.0452 e. The molecule has 2 heteroatoms. The zero-order chi connectivity index (χ0) is 15.6. The van der Waals surface area contributed by atoms with Gasteiger partial charge in [-0.3, -0.25) is 4.90 Å². The molecule has 0 radical (unpaired) electrons. The molecule has 1 aromatic carbocycles. The van der Waals surface area contributed by atoms with Crippen molar-refractivity contribution in [1.82, 2.24) is 10.2 Å². The third-order valence-electron chi connectivity index (χ3n) is 4.51. The van der Waals surface area contributed by atoms with E-state index in [1.54, 1.807) is 0 Å². The van der Waals surface area contributed by atoms with E-state index in [0.29, 0.717) is 6.04 Å². The molecule has 0 aromatic heterocycles. The summed E-state index contributed by atoms with van der Waals surface area (Å²) in [7, 11) is 2.10. The molecule has 0 aliphatic heterocycles. The van der Waals surface area contributed by atoms with Crippen molar-refractivity contribution in [2.75, 3.05) is 20.1 Å². The van der Waals surface area contributed by atoms with Crippen LogP contribution in [-0.4, -0.2) is 31.1 Å². The van der Waals surface area contributed by atoms with Crippen molar-refractivity contribution in [1.29, 1.82) is 0 Å². The fraction of sp³-hybridized carbons (Fsp3) is 0.684. The molecule has 1 N–H and O–H groups in total. The Kier molecular flexibility index (Phi) is 5.45. The number of nitrogens with zero attached hydrogens (tertiary/aromatic N) is 1. The number of aryl methyl sites for hydroxylation is 3. The van der Waals surface area contributed by atoms with Gasteiger partial charge in [-0.25, -0.2) is 0 Å². The molecule has 1 aliphatic carbocycles. The third-order valence-corrected chi connectivity index (χ3v) is 4.51. The lowest BCUT2D eigenvalue weighted by molar-refractivity contribution is 0.212. The van der Waals surface area contributed by atoms with Gasteiger partial charge in [0, 0.05) is 25.2 Å². The van der Waals surface area contributed by atoms with Crippen LogP contribution >= 0.6 is 0 Å². The van der Waals surface area contributed by atoms with Crippen LogP contribution in [0.1, 0.15) is 55.0 Å². The van der Waals surface area contributed by atoms with Gasteiger partial charge in [-0.2, -0.15) is 0 Å². The van der Waals surface area contributed by atoms with Gasteiger partial charge < -0.3 is 5.32 Å². The van der Waals surface area contributed by atoms with Gasteiger partial charge in [0.25, 0.3) is 0 Å². The minimum atomic E-state index is 0.435. The van der Waals surface area contributed by atoms with Crippen LogP contribution in [0.15, 0.2) is 12.1 Å². The largest absolute Gasteiger partial charge is 0.312 e. The van der Waals surface area contributed by atoms with E-state index in [1.165, 1.54) is 41.6 Å². The monoisotopic (exact) mass is 288 g/mol. The Hall–Kier alpha value is -0.860. The SMILES string of the molecule is CNC(CN(CC(C)C)C1CC1)c1c(C)cc(C)cc1C. The molecule has 1 fully saturated rings. The Morgan fingerprint density at radius 1 is 1.10 bits per heavy atom. The smallest absolute Gasteiger partial charge is 0.0452 e. The molecule has 1 saturated carbocycles. The first-order valence-electron chi connectivity index (χ1n) is 8.41. The van der Waals surface area contributed by atoms with Gasteiger partial charge in [-0.15, -0.1) is 0 Å². The number of hydrogen-bond acceptors (Lipinski definition) is 2. The molecule has 2 rings (SSSR count). The van der Waals surface area contributed by atoms with Gasteiger partial charge >= 0.3 is 0 Å². The number of hydrogen-bond donors (Lipinski definition) is 1. The maximum absolute atomic E-state index is 3.56. The summed E-state index contributed by atoms with van der Waals surface area (Å²) < 4.78 is 0. The summed E-state index contributed by atoms with van der Waals surface area (Å²) in [5.74, 6) is 0.739. The Morgan fingerprint density at radius 3 is 2.10 bits per heavy atom. The van der Waals surface area contributed by atoms with E-state index in [9.17, 15) is 0 Å². The van der Waals surface area contributed by atoms with Crippen molar-refractivity contribution in [2.45, 2.75) is 59.5 Å². The number of nitrogens with one attached hydrogen (secondary N) is 1. The quantitative estimate of drug-likeness (QED) is 0.816. The predicted octanol–water partition coefficient (Wildman–Crippen LogP) is 3.99. The molecular formula is C19H32N2. The molecule has 0 spiro atoms. The molecule has 2 nitrogen and oxygen atoms in total. The van der Waals surface area contributed by atoms with Crippen LogP contribution in [0.3, 0.4) is 0 Å². The van der Waals surface area contributed by atoms with Crippen molar-refractivity contribution in [3.05, 3.63) is 34.4 Å². The summed E-state index contributed by atoms with van der Waals surface area (Å²) in [6.45, 7) is 13.7. The molecule has 1 unspecified atom stereocenters. The van der Waals surface area contributed by atoms with E-state index >= 15 is 0 Å². The van der Waals surface area contributed by atoms with Crippen molar-refractivity contribution in [3.8, 4) is 0 Å². The lowest BCUT2D eigenvalue weighted by Crippen LogP contribution is -2.38. The number of likely N-dealkylation sites (N-methyl/N-ethyl adjacent to an activating group) is 1. The topological polar surface area (TPSA) is 15.3 Å². The van der Waals surface area contributed by atoms with Crippen LogP contribution in [0.4, 0.5) is 0 Å². The van der Waals surface area contributed by atoms with Crippen LogP contribution in [0, 0.1) is 26.7 Å². The fourth-order valence-corrected chi connectivity index (χ4v) is 3.58. The van der Waals surface area contributed by atoms with Crippen molar-refractivity contribution in [2.24, 2.45) is 5.92 Å². The van der Waals surface area contributed by atoms with E-state index in [-0.39, 0.29) is 0 Å². The van der Waals surface area contributed by atoms with Gasteiger partial charge in [-0.1, -0.05) is 31.5 Å². The summed E-state index contributed by atoms with van der Waals surface area (Å²) in [6, 6.07) is 5.90. The molecule has 118 valence electrons. The zero-order valence-electron chi connectivity index (χ0n) is 14.7. The van der Waals surface area contributed by atoms with Crippen molar-refractivity contribution < 1.29 is 0 Å². The molecular weight excluding hydrogens is 256 g/mol. The lowest BCUT2D eigenvalue weighted by Gasteiger charge is -2.30. The van der Waals surface area contributed by atoms with Crippen LogP contribution in [0.5, 0.6) is 0 Å². The first-order chi connectivity index (χ1) is 9.92. The summed E-state index contributed by atoms with van der Waals surface area (Å²) in [5, 5.41) is 3.56. The Morgan fingerprint density at radius 2 is 1.67 bits per heavy atom. The molecule has 1 aliphatic rings. The summed E-state index contributed by atoms with van der Waals surface area (Å²) >= 11 is 0. The Bertz CT molecular complexity index is 451. The molecule has 21 heavy (non-hydrogen) atoms. The molecule has 0 bridgehead atoms. The van der Waals surface area contributed by atoms with Crippen molar-refractivity contribution >= 4 is 0 Å². The van der Waals surface area contributed by atoms with Crippen LogP contribution in [0.25, 0.3) is 0 Å². The number of rotatable bonds is 7. The van der Waals surface area contributed by atoms with Gasteiger partial charge in [-0.05, 0) is 63.3 Å². The first kappa shape index (κ1) is 16.5. The minimum absolute atomic E-state index is 0.435. The average Bonchev–Trinajstić information content (AvgIpc) is 3.18. The second-order valence-electron chi connectivity index (χ2n) is 7.23. The summed E-state index contributed by atoms with van der Waals surface area (Å²) in [6.07, 6.45) is 2.77. The molecule has 1 aromatic rings. The Labute approximate surface area is 130 Å². The number of benzene rings is 1. The highest BCUT2D eigenvalue weighted by atomic mass is 15.2. The van der Waals surface area contributed by atoms with Crippen molar-refractivity contribution in [3.63, 3.8) is 0 Å². The molecule has 1 atom stereocenters. The third kappa shape index (κ3) is 4.31. The van der Waals surface area contributed by atoms with Gasteiger partial charge in [0.15, 0.2) is 0 Å². The highest BCUT2D eigenvalue weighted by Gasteiger charge is 2.31. The highest BCUT2D eigenvalue weighted by molar-refractivity contribution is 5.39. The van der Waals surface area contributed by atoms with Gasteiger partial charge in [0.1, 0.15) is 0 Å². The van der Waals surface area contributed by atoms with E-state index in [2.05, 4.69) is 64.0 Å². The summed E-state index contributed by atoms with van der Waals surface area (Å²) in [5.41, 5.74) is 5.71. The van der Waals surface area contributed by atoms with Gasteiger partial charge in [0.2, 0.25) is 0 Å². The lowest BCUT2D eigenvalue weighted by atomic mass is 9.93. The summed E-state index contributed by atoms with van der Waals surface area (Å²) in [4.78, 5) is 2.70. The highest BCUT2D eigenvalue weighted by Crippen LogP contribution is 2.31. The second-order valence-corrected chi connectivity index (χ2v) is 7.23. The van der Waals surface area contributed by atoms with Crippen LogP contribution in [0.2, 0.25) is 0 Å². The van der Waals surface area contributed by atoms with Crippen LogP contribution < -0.4 is 5.32 Å². The normalized spacial score (nSPS) is 16.8. The minimum Gasteiger partial charge on any atom is -0.312 e. The second kappa shape index (κ2) is 6.93. The zero-order valence-corrected chi connectivity index (χ0v) is 14.7. The van der Waals surface area contributed by atoms with E-state index in [0.717, 1.165) is 18.5 Å². The van der Waals surface area contributed by atoms with E-state index < -0.39 is 0 Å².